The van der Waals surface area contributed by atoms with E-state index in [0.29, 0.717) is 5.82 Å². The van der Waals surface area contributed by atoms with E-state index in [-0.39, 0.29) is 5.69 Å². The third-order valence-corrected chi connectivity index (χ3v) is 6.62. The molecular formula is C27H30N4O. The molecule has 2 aromatic carbocycles. The highest BCUT2D eigenvalue weighted by Crippen LogP contribution is 2.37. The molecule has 0 amide bonds. The number of nitrogens with zero attached hydrogens (tertiary/aromatic N) is 3. The zero-order valence-electron chi connectivity index (χ0n) is 18.9. The minimum atomic E-state index is -0.286. The number of nitrogens with one attached hydrogen (secondary N) is 1. The Morgan fingerprint density at radius 3 is 2.62 bits per heavy atom. The van der Waals surface area contributed by atoms with Crippen LogP contribution < -0.4 is 21.3 Å². The predicted octanol–water partition coefficient (Wildman–Crippen LogP) is 4.40. The van der Waals surface area contributed by atoms with Crippen molar-refractivity contribution in [3.63, 3.8) is 0 Å². The van der Waals surface area contributed by atoms with Crippen molar-refractivity contribution in [3.8, 4) is 0 Å². The average Bonchev–Trinajstić information content (AvgIpc) is 2.74. The number of rotatable bonds is 6. The predicted molar refractivity (Wildman–Crippen MR) is 130 cm³/mol. The Bertz CT molecular complexity index is 1320. The number of benzene rings is 2. The molecule has 5 heteroatoms. The van der Waals surface area contributed by atoms with Gasteiger partial charge in [-0.2, -0.15) is 4.98 Å². The molecule has 0 bridgehead atoms. The van der Waals surface area contributed by atoms with Gasteiger partial charge >= 0.3 is 5.69 Å². The van der Waals surface area contributed by atoms with Gasteiger partial charge in [0.25, 0.3) is 0 Å². The Morgan fingerprint density at radius 1 is 1.09 bits per heavy atom. The van der Waals surface area contributed by atoms with Crippen LogP contribution in [0.5, 0.6) is 0 Å². The average molecular weight is 427 g/mol. The van der Waals surface area contributed by atoms with Gasteiger partial charge in [0.15, 0.2) is 5.82 Å². The molecule has 0 radical (unpaired) electrons. The second-order valence-electron chi connectivity index (χ2n) is 8.92. The maximum Gasteiger partial charge on any atom is 0.347 e. The Hall–Kier alpha value is -3.21. The molecule has 1 fully saturated rings. The molecule has 3 aromatic rings. The van der Waals surface area contributed by atoms with Gasteiger partial charge < -0.3 is 9.88 Å². The lowest BCUT2D eigenvalue weighted by Crippen LogP contribution is -2.45. The van der Waals surface area contributed by atoms with Crippen LogP contribution in [0, 0.1) is 6.92 Å². The number of H-pyrrole nitrogens is 1. The summed E-state index contributed by atoms with van der Waals surface area (Å²) in [5.74, 6) is 0.704. The van der Waals surface area contributed by atoms with Gasteiger partial charge in [-0.05, 0) is 79.8 Å². The molecule has 0 atom stereocenters. The lowest BCUT2D eigenvalue weighted by molar-refractivity contribution is 0.736. The third kappa shape index (κ3) is 3.88. The van der Waals surface area contributed by atoms with Gasteiger partial charge in [-0.15, -0.1) is 0 Å². The van der Waals surface area contributed by atoms with Gasteiger partial charge in [-0.1, -0.05) is 43.7 Å². The SMILES string of the molecule is CCCc1cc2c(cc1C)N=c1c(nc(=O)[nH]c1=C1CCC1)N2CCCc1ccccc1. The smallest absolute Gasteiger partial charge is 0.322 e. The Morgan fingerprint density at radius 2 is 1.91 bits per heavy atom. The van der Waals surface area contributed by atoms with E-state index in [4.69, 9.17) is 4.99 Å². The fourth-order valence-corrected chi connectivity index (χ4v) is 4.72. The van der Waals surface area contributed by atoms with E-state index in [0.717, 1.165) is 67.2 Å². The van der Waals surface area contributed by atoms with E-state index < -0.39 is 0 Å². The van der Waals surface area contributed by atoms with Gasteiger partial charge in [-0.3, -0.25) is 0 Å². The maximum atomic E-state index is 12.5. The highest BCUT2D eigenvalue weighted by Gasteiger charge is 2.24. The molecule has 0 saturated heterocycles. The topological polar surface area (TPSA) is 61.4 Å². The summed E-state index contributed by atoms with van der Waals surface area (Å²) in [5.41, 5.74) is 7.00. The van der Waals surface area contributed by atoms with Crippen LogP contribution in [0.1, 0.15) is 55.7 Å². The largest absolute Gasteiger partial charge is 0.347 e. The minimum absolute atomic E-state index is 0.286. The van der Waals surface area contributed by atoms with Gasteiger partial charge in [0.1, 0.15) is 5.36 Å². The van der Waals surface area contributed by atoms with E-state index in [1.165, 1.54) is 28.7 Å². The fraction of sp³-hybridized carbons (Fsp3) is 0.370. The van der Waals surface area contributed by atoms with Crippen molar-refractivity contribution in [3.05, 3.63) is 80.3 Å². The quantitative estimate of drug-likeness (QED) is 0.635. The standard InChI is InChI=1S/C27H30N4O/c1-3-9-21-17-23-22(16-18(21)2)28-25-24(20-13-7-14-20)29-27(32)30-26(25)31(23)15-8-12-19-10-5-4-6-11-19/h4-6,10-11,16-17H,3,7-9,12-15H2,1-2H3,(H,29,32). The molecule has 5 nitrogen and oxygen atoms in total. The second kappa shape index (κ2) is 8.73. The van der Waals surface area contributed by atoms with Gasteiger partial charge in [0.2, 0.25) is 0 Å². The van der Waals surface area contributed by atoms with E-state index in [1.807, 2.05) is 0 Å². The van der Waals surface area contributed by atoms with Crippen molar-refractivity contribution < 1.29 is 0 Å². The summed E-state index contributed by atoms with van der Waals surface area (Å²) in [4.78, 5) is 27.2. The first-order chi connectivity index (χ1) is 15.6. The van der Waals surface area contributed by atoms with E-state index in [2.05, 4.69) is 71.2 Å². The monoisotopic (exact) mass is 426 g/mol. The highest BCUT2D eigenvalue weighted by molar-refractivity contribution is 5.77. The molecule has 32 heavy (non-hydrogen) atoms. The zero-order chi connectivity index (χ0) is 22.1. The van der Waals surface area contributed by atoms with Crippen molar-refractivity contribution in [2.75, 3.05) is 11.4 Å². The highest BCUT2D eigenvalue weighted by atomic mass is 16.1. The number of aromatic amines is 1. The number of anilines is 2. The Kier molecular flexibility index (Phi) is 5.64. The Balaban J connectivity index is 1.62. The molecule has 0 unspecified atom stereocenters. The molecule has 0 spiro atoms. The number of aryl methyl sites for hydroxylation is 3. The molecule has 1 saturated carbocycles. The molecule has 2 heterocycles. The van der Waals surface area contributed by atoms with E-state index in [1.54, 1.807) is 0 Å². The normalized spacial score (nSPS) is 14.4. The summed E-state index contributed by atoms with van der Waals surface area (Å²) in [7, 11) is 0. The van der Waals surface area contributed by atoms with Crippen LogP contribution in [0.2, 0.25) is 0 Å². The van der Waals surface area contributed by atoms with Crippen LogP contribution in [0.15, 0.2) is 52.3 Å². The summed E-state index contributed by atoms with van der Waals surface area (Å²) in [5, 5.41) is 1.72. The summed E-state index contributed by atoms with van der Waals surface area (Å²) in [6.45, 7) is 5.17. The number of hydrogen-bond donors (Lipinski definition) is 1. The number of fused-ring (bicyclic) bond motifs is 2. The molecule has 1 N–H and O–H groups in total. The van der Waals surface area contributed by atoms with Crippen LogP contribution in [0.25, 0.3) is 5.57 Å². The van der Waals surface area contributed by atoms with Crippen LogP contribution in [0.3, 0.4) is 0 Å². The molecule has 2 aliphatic rings. The van der Waals surface area contributed by atoms with Crippen LogP contribution in [-0.2, 0) is 12.8 Å². The molecule has 1 aliphatic carbocycles. The number of hydrogen-bond acceptors (Lipinski definition) is 4. The molecule has 1 aliphatic heterocycles. The van der Waals surface area contributed by atoms with Crippen LogP contribution in [0.4, 0.5) is 17.2 Å². The Labute approximate surface area is 188 Å². The van der Waals surface area contributed by atoms with Crippen LogP contribution in [-0.4, -0.2) is 16.5 Å². The molecule has 164 valence electrons. The lowest BCUT2D eigenvalue weighted by Gasteiger charge is -2.29. The second-order valence-corrected chi connectivity index (χ2v) is 8.92. The van der Waals surface area contributed by atoms with Crippen molar-refractivity contribution >= 4 is 22.8 Å². The maximum absolute atomic E-state index is 12.5. The lowest BCUT2D eigenvalue weighted by atomic mass is 9.92. The molecular weight excluding hydrogens is 396 g/mol. The van der Waals surface area contributed by atoms with Crippen molar-refractivity contribution in [2.45, 2.75) is 58.8 Å². The first kappa shape index (κ1) is 20.7. The van der Waals surface area contributed by atoms with Crippen LogP contribution >= 0.6 is 0 Å². The van der Waals surface area contributed by atoms with Crippen molar-refractivity contribution in [2.24, 2.45) is 4.99 Å². The first-order valence-electron chi connectivity index (χ1n) is 11.8. The zero-order valence-corrected chi connectivity index (χ0v) is 18.9. The van der Waals surface area contributed by atoms with Crippen molar-refractivity contribution in [1.82, 2.24) is 9.97 Å². The van der Waals surface area contributed by atoms with E-state index >= 15 is 0 Å². The number of aromatic nitrogens is 2. The van der Waals surface area contributed by atoms with Crippen molar-refractivity contribution in [1.29, 1.82) is 0 Å². The third-order valence-electron chi connectivity index (χ3n) is 6.62. The molecule has 5 rings (SSSR count). The summed E-state index contributed by atoms with van der Waals surface area (Å²) in [6.07, 6.45) is 7.32. The summed E-state index contributed by atoms with van der Waals surface area (Å²) >= 11 is 0. The summed E-state index contributed by atoms with van der Waals surface area (Å²) < 4.78 is 0. The van der Waals surface area contributed by atoms with Gasteiger partial charge in [0, 0.05) is 6.54 Å². The van der Waals surface area contributed by atoms with E-state index in [9.17, 15) is 4.79 Å². The minimum Gasteiger partial charge on any atom is -0.322 e. The van der Waals surface area contributed by atoms with Gasteiger partial charge in [-0.25, -0.2) is 9.79 Å². The summed E-state index contributed by atoms with van der Waals surface area (Å²) in [6, 6.07) is 15.0. The fourth-order valence-electron chi connectivity index (χ4n) is 4.72. The van der Waals surface area contributed by atoms with Gasteiger partial charge in [0.05, 0.1) is 16.7 Å². The first-order valence-corrected chi connectivity index (χ1v) is 11.8. The molecule has 1 aromatic heterocycles.